The topological polar surface area (TPSA) is 395 Å². The van der Waals surface area contributed by atoms with Crippen LogP contribution in [0.3, 0.4) is 0 Å². The second kappa shape index (κ2) is 104. The molecule has 0 aliphatic carbocycles. The van der Waals surface area contributed by atoms with Gasteiger partial charge >= 0.3 is 0 Å². The number of aromatic amines is 2. The number of H-pyrrole nitrogens is 2. The molecule has 132 heavy (non-hydrogen) atoms. The summed E-state index contributed by atoms with van der Waals surface area (Å²) in [6.45, 7) is 70.6. The van der Waals surface area contributed by atoms with Gasteiger partial charge in [-0.05, 0) is 114 Å². The summed E-state index contributed by atoms with van der Waals surface area (Å²) >= 11 is 10.9. The Morgan fingerprint density at radius 3 is 0.962 bits per heavy atom. The third kappa shape index (κ3) is 60.9. The SMILES string of the molecule is C.C=C.C=C.C=C.C=C.C=C.C=C.C=C(C)c1ccccc1.CC.CC.CC.CC.CC.CC.CC(=O)c1ccccc1.CN1CCCCC1CCl.CN1CCCCC1CNc1ccccc1C(=N)C(=O)c1ccccc1.N.N.N.N.N.N.O=C(Cl)c1ccccc1.O=C(c1ccccc1)c1n[nH]c2ccccc12.O=C(c1ccccc1)c1n[nH]c2ccccc12.c1ccccc#1. The van der Waals surface area contributed by atoms with E-state index in [1.165, 1.54) is 50.6 Å². The second-order valence-electron chi connectivity index (χ2n) is 23.8. The highest BCUT2D eigenvalue weighted by atomic mass is 35.5. The lowest BCUT2D eigenvalue weighted by Gasteiger charge is -2.33. The molecule has 2 unspecified atom stereocenters. The van der Waals surface area contributed by atoms with Crippen LogP contribution in [-0.4, -0.2) is 116 Å². The lowest BCUT2D eigenvalue weighted by atomic mass is 9.98. The fourth-order valence-corrected chi connectivity index (χ4v) is 11.2. The van der Waals surface area contributed by atoms with E-state index < -0.39 is 5.24 Å². The summed E-state index contributed by atoms with van der Waals surface area (Å²) in [5.74, 6) is 0.572. The number of fused-ring (bicyclic) bond motifs is 2. The van der Waals surface area contributed by atoms with E-state index in [1.807, 2.05) is 296 Å². The molecule has 12 aromatic rings. The zero-order valence-corrected chi connectivity index (χ0v) is 83.8. The van der Waals surface area contributed by atoms with E-state index in [0.29, 0.717) is 51.3 Å². The van der Waals surface area contributed by atoms with Crippen molar-refractivity contribution >= 4 is 90.4 Å². The minimum atomic E-state index is -0.407. The van der Waals surface area contributed by atoms with Crippen LogP contribution in [0.2, 0.25) is 0 Å². The number of para-hydroxylation sites is 3. The number of carbonyl (C=O) groups excluding carboxylic acids is 5. The van der Waals surface area contributed by atoms with Crippen molar-refractivity contribution in [3.05, 3.63) is 427 Å². The Balaban J connectivity index is -0.000000110. The fourth-order valence-electron chi connectivity index (χ4n) is 10.7. The number of piperidine rings is 2. The zero-order chi connectivity index (χ0) is 96.0. The number of likely N-dealkylation sites (tertiary alicyclic amines) is 2. The molecule has 19 nitrogen and oxygen atoms in total. The number of ketones is 4. The number of rotatable bonds is 14. The molecule has 2 aliphatic rings. The lowest BCUT2D eigenvalue weighted by Crippen LogP contribution is -2.40. The summed E-state index contributed by atoms with van der Waals surface area (Å²) in [6.07, 6.45) is 7.72. The molecular weight excluding hydrogens is 1680 g/mol. The van der Waals surface area contributed by atoms with E-state index in [-0.39, 0.29) is 73.2 Å². The van der Waals surface area contributed by atoms with Crippen molar-refractivity contribution in [3.63, 3.8) is 0 Å². The summed E-state index contributed by atoms with van der Waals surface area (Å²) in [4.78, 5) is 62.9. The number of allylic oxidation sites excluding steroid dienone is 1. The zero-order valence-electron chi connectivity index (χ0n) is 82.3. The number of carbonyl (C=O) groups is 5. The lowest BCUT2D eigenvalue weighted by molar-refractivity contribution is 0.101. The number of hydrogen-bond donors (Lipinski definition) is 10. The van der Waals surface area contributed by atoms with E-state index in [2.05, 4.69) is 159 Å². The van der Waals surface area contributed by atoms with Gasteiger partial charge in [-0.2, -0.15) is 10.2 Å². The Morgan fingerprint density at radius 2 is 0.689 bits per heavy atom. The molecule has 10 aromatic carbocycles. The third-order valence-corrected chi connectivity index (χ3v) is 17.0. The molecule has 2 saturated heterocycles. The maximum atomic E-state index is 12.6. The maximum absolute atomic E-state index is 12.6. The number of aromatic nitrogens is 4. The van der Waals surface area contributed by atoms with Crippen LogP contribution >= 0.6 is 23.2 Å². The van der Waals surface area contributed by atoms with Gasteiger partial charge in [-0.3, -0.25) is 39.6 Å². The molecule has 0 amide bonds. The highest BCUT2D eigenvalue weighted by Gasteiger charge is 2.22. The normalized spacial score (nSPS) is 10.8. The van der Waals surface area contributed by atoms with Gasteiger partial charge in [0.25, 0.3) is 5.24 Å². The molecule has 0 saturated carbocycles. The molecule has 2 aromatic heterocycles. The molecule has 0 spiro atoms. The predicted octanol–water partition coefficient (Wildman–Crippen LogP) is 31.7. The van der Waals surface area contributed by atoms with Crippen molar-refractivity contribution in [2.75, 3.05) is 44.9 Å². The largest absolute Gasteiger partial charge is 0.383 e. The van der Waals surface area contributed by atoms with Crippen LogP contribution in [0.15, 0.2) is 365 Å². The van der Waals surface area contributed by atoms with Crippen molar-refractivity contribution in [1.29, 1.82) is 5.41 Å². The number of nitrogens with one attached hydrogen (secondary N) is 4. The number of hydrogen-bond acceptors (Lipinski definition) is 17. The molecule has 14 rings (SSSR count). The summed E-state index contributed by atoms with van der Waals surface area (Å²) in [7, 11) is 4.32. The molecule has 21 heteroatoms. The van der Waals surface area contributed by atoms with Gasteiger partial charge < -0.3 is 52.0 Å². The standard InChI is InChI=1S/C21H25N3O.2C14H10N2O.C9H10.C8H8O.C7H14ClN.C7H5ClO.C6H4.6C2H6.6C2H4.CH4.6H3N/c1-24-14-8-7-11-17(24)15-23-19-13-6-5-12-18(19)20(22)21(25)16-9-3-2-4-10-16;2*17-14(10-6-2-1-3-7-10)13-11-8-4-5-9-12(11)15-16-13;1-8(2)9-6-4-3-5-7-9;1-7(9)8-5-3-2-4-6-8;1-9-5-3-2-4-7(9)6-8;8-7(9)6-4-2-1-3-5-6;1-2-4-6-5-3-1;12*1-2;;;;;;;/h2-6,9-10,12-13,17,22-23H,7-8,11,14-15H2,1H3;2*1-9H,(H,15,16);3-7H,1H2,2H3;2-6H,1H3;7H,2-6H2,1H3;1-5H;1-4H;6*1-2H3;6*1-2H2;1H4;6*1H3. The number of halogens is 2. The van der Waals surface area contributed by atoms with Gasteiger partial charge in [-0.15, -0.1) is 90.5 Å². The average Bonchev–Trinajstić information content (AvgIpc) is 1.67. The van der Waals surface area contributed by atoms with Crippen LogP contribution in [-0.2, 0) is 0 Å². The first-order valence-corrected chi connectivity index (χ1v) is 43.4. The molecule has 2 aliphatic heterocycles. The summed E-state index contributed by atoms with van der Waals surface area (Å²) in [5.41, 5.74) is 9.79. The monoisotopic (exact) mass is 1850 g/mol. The van der Waals surface area contributed by atoms with Gasteiger partial charge in [0.15, 0.2) is 5.78 Å². The smallest absolute Gasteiger partial charge is 0.252 e. The molecule has 2 fully saturated rings. The molecule has 0 bridgehead atoms. The molecule has 2 atom stereocenters. The van der Waals surface area contributed by atoms with Crippen LogP contribution < -0.4 is 42.2 Å². The number of likely N-dealkylation sites (N-methyl/N-ethyl adjacent to an activating group) is 1. The summed E-state index contributed by atoms with van der Waals surface area (Å²) in [6, 6.07) is 92.5. The first-order chi connectivity index (χ1) is 61.1. The Kier molecular flexibility index (Phi) is 116. The van der Waals surface area contributed by atoms with Crippen molar-refractivity contribution < 1.29 is 24.0 Å². The Hall–Kier alpha value is -12.8. The van der Waals surface area contributed by atoms with Crippen molar-refractivity contribution in [3.8, 4) is 0 Å². The molecular formula is C111H168Cl2N14O5. The van der Waals surface area contributed by atoms with Crippen LogP contribution in [0.1, 0.15) is 217 Å². The highest BCUT2D eigenvalue weighted by molar-refractivity contribution is 6.67. The van der Waals surface area contributed by atoms with Gasteiger partial charge in [-0.1, -0.05) is 376 Å². The number of Topliss-reactive ketones (excluding diaryl/α,β-unsaturated/α-hetero) is 2. The van der Waals surface area contributed by atoms with Gasteiger partial charge in [0.1, 0.15) is 17.1 Å². The third-order valence-electron chi connectivity index (χ3n) is 16.5. The van der Waals surface area contributed by atoms with E-state index in [0.717, 1.165) is 57.6 Å². The molecule has 726 valence electrons. The Bertz CT molecular complexity index is 4330. The Labute approximate surface area is 808 Å². The first kappa shape index (κ1) is 148. The van der Waals surface area contributed by atoms with Gasteiger partial charge in [-0.25, -0.2) is 0 Å². The van der Waals surface area contributed by atoms with E-state index in [1.54, 1.807) is 67.6 Å². The fraction of sp³-hybridized carbons (Fsp3) is 0.261. The first-order valence-electron chi connectivity index (χ1n) is 42.5. The van der Waals surface area contributed by atoms with Gasteiger partial charge in [0.2, 0.25) is 17.3 Å². The van der Waals surface area contributed by atoms with E-state index >= 15 is 0 Å². The van der Waals surface area contributed by atoms with Gasteiger partial charge in [0, 0.05) is 74.3 Å². The number of anilines is 1. The summed E-state index contributed by atoms with van der Waals surface area (Å²) in [5, 5.41) is 27.1. The average molecular weight is 1850 g/mol. The number of alkyl halides is 1. The molecule has 0 radical (unpaired) electrons. The summed E-state index contributed by atoms with van der Waals surface area (Å²) < 4.78 is 0. The second-order valence-corrected chi connectivity index (χ2v) is 24.4. The van der Waals surface area contributed by atoms with E-state index in [9.17, 15) is 24.0 Å². The molecule has 4 heterocycles. The number of nitrogens with zero attached hydrogens (tertiary/aromatic N) is 4. The quantitative estimate of drug-likeness (QED) is 0.0159. The van der Waals surface area contributed by atoms with E-state index in [4.69, 9.17) is 28.6 Å². The van der Waals surface area contributed by atoms with Crippen molar-refractivity contribution in [2.45, 2.75) is 155 Å². The van der Waals surface area contributed by atoms with Crippen LogP contribution in [0.5, 0.6) is 0 Å². The minimum absolute atomic E-state index is 0. The highest BCUT2D eigenvalue weighted by Crippen LogP contribution is 2.23. The van der Waals surface area contributed by atoms with Crippen LogP contribution in [0.4, 0.5) is 5.69 Å². The minimum Gasteiger partial charge on any atom is -0.383 e. The van der Waals surface area contributed by atoms with Crippen molar-refractivity contribution in [2.24, 2.45) is 0 Å². The van der Waals surface area contributed by atoms with Crippen LogP contribution in [0, 0.1) is 17.5 Å². The maximum Gasteiger partial charge on any atom is 0.252 e. The predicted molar refractivity (Wildman–Crippen MR) is 587 cm³/mol. The van der Waals surface area contributed by atoms with Crippen molar-refractivity contribution in [1.82, 2.24) is 67.1 Å². The Morgan fingerprint density at radius 1 is 0.402 bits per heavy atom. The van der Waals surface area contributed by atoms with Gasteiger partial charge in [0.05, 0.1) is 11.0 Å². The van der Waals surface area contributed by atoms with Crippen LogP contribution in [0.25, 0.3) is 27.4 Å². The number of benzene rings is 9. The molecule has 22 N–H and O–H groups in total.